The molecule has 2 aromatic rings. The second kappa shape index (κ2) is 3.66. The molecule has 0 amide bonds. The molecule has 0 aliphatic carbocycles. The average Bonchev–Trinajstić information content (AvgIpc) is 2.77. The normalized spacial score (nSPS) is 22.3. The first-order chi connectivity index (χ1) is 9.63. The summed E-state index contributed by atoms with van der Waals surface area (Å²) in [6.07, 6.45) is -0.483. The van der Waals surface area contributed by atoms with Crippen LogP contribution in [0.5, 0.6) is 23.0 Å². The summed E-state index contributed by atoms with van der Waals surface area (Å²) >= 11 is 0. The molecule has 20 heavy (non-hydrogen) atoms. The van der Waals surface area contributed by atoms with Crippen molar-refractivity contribution in [1.82, 2.24) is 0 Å². The smallest absolute Gasteiger partial charge is 0.323 e. The van der Waals surface area contributed by atoms with E-state index in [0.717, 1.165) is 0 Å². The first-order valence-corrected chi connectivity index (χ1v) is 6.17. The molecule has 100 valence electrons. The standard InChI is InChI=1S/C15H10O5/c16-7-2-4-11-10(5-7)13-14(19-11)9-3-1-8(17)6-12(9)20-15(13)18/h1-6,13-14,16-17H. The van der Waals surface area contributed by atoms with Crippen LogP contribution in [0.3, 0.4) is 0 Å². The molecule has 0 bridgehead atoms. The molecule has 2 unspecified atom stereocenters. The van der Waals surface area contributed by atoms with Crippen LogP contribution in [0.25, 0.3) is 0 Å². The van der Waals surface area contributed by atoms with Crippen molar-refractivity contribution in [3.05, 3.63) is 47.5 Å². The lowest BCUT2D eigenvalue weighted by Gasteiger charge is -2.25. The minimum Gasteiger partial charge on any atom is -0.508 e. The summed E-state index contributed by atoms with van der Waals surface area (Å²) in [7, 11) is 0. The fourth-order valence-electron chi connectivity index (χ4n) is 2.77. The van der Waals surface area contributed by atoms with E-state index in [0.29, 0.717) is 22.6 Å². The van der Waals surface area contributed by atoms with Gasteiger partial charge in [0.15, 0.2) is 0 Å². The van der Waals surface area contributed by atoms with Crippen LogP contribution in [0.1, 0.15) is 23.1 Å². The molecule has 5 heteroatoms. The summed E-state index contributed by atoms with van der Waals surface area (Å²) in [5, 5.41) is 19.0. The summed E-state index contributed by atoms with van der Waals surface area (Å²) in [6, 6.07) is 9.27. The quantitative estimate of drug-likeness (QED) is 0.567. The molecule has 2 aliphatic heterocycles. The lowest BCUT2D eigenvalue weighted by atomic mass is 9.88. The molecule has 5 nitrogen and oxygen atoms in total. The zero-order valence-corrected chi connectivity index (χ0v) is 10.2. The van der Waals surface area contributed by atoms with Crippen LogP contribution in [-0.2, 0) is 4.79 Å². The van der Waals surface area contributed by atoms with E-state index in [1.165, 1.54) is 24.3 Å². The predicted octanol–water partition coefficient (Wildman–Crippen LogP) is 2.23. The van der Waals surface area contributed by atoms with Crippen LogP contribution in [0.15, 0.2) is 36.4 Å². The number of hydrogen-bond donors (Lipinski definition) is 2. The van der Waals surface area contributed by atoms with Gasteiger partial charge in [-0.25, -0.2) is 0 Å². The van der Waals surface area contributed by atoms with Gasteiger partial charge in [-0.2, -0.15) is 0 Å². The number of benzene rings is 2. The zero-order valence-electron chi connectivity index (χ0n) is 10.2. The van der Waals surface area contributed by atoms with E-state index in [4.69, 9.17) is 9.47 Å². The van der Waals surface area contributed by atoms with Crippen LogP contribution < -0.4 is 9.47 Å². The fourth-order valence-corrected chi connectivity index (χ4v) is 2.77. The number of phenols is 2. The topological polar surface area (TPSA) is 76.0 Å². The number of esters is 1. The van der Waals surface area contributed by atoms with E-state index < -0.39 is 18.0 Å². The highest BCUT2D eigenvalue weighted by atomic mass is 16.6. The molecule has 2 aliphatic rings. The molecule has 2 N–H and O–H groups in total. The minimum atomic E-state index is -0.589. The monoisotopic (exact) mass is 270 g/mol. The van der Waals surface area contributed by atoms with Crippen molar-refractivity contribution >= 4 is 5.97 Å². The van der Waals surface area contributed by atoms with Crippen LogP contribution in [-0.4, -0.2) is 16.2 Å². The van der Waals surface area contributed by atoms with E-state index in [-0.39, 0.29) is 11.5 Å². The van der Waals surface area contributed by atoms with Crippen molar-refractivity contribution in [2.45, 2.75) is 12.0 Å². The Kier molecular flexibility index (Phi) is 2.04. The van der Waals surface area contributed by atoms with Crippen molar-refractivity contribution in [2.75, 3.05) is 0 Å². The Hall–Kier alpha value is -2.69. The Morgan fingerprint density at radius 3 is 2.50 bits per heavy atom. The van der Waals surface area contributed by atoms with Crippen molar-refractivity contribution in [1.29, 1.82) is 0 Å². The summed E-state index contributed by atoms with van der Waals surface area (Å²) in [5.41, 5.74) is 1.34. The third kappa shape index (κ3) is 1.40. The van der Waals surface area contributed by atoms with Gasteiger partial charge in [0.05, 0.1) is 0 Å². The second-order valence-corrected chi connectivity index (χ2v) is 4.88. The van der Waals surface area contributed by atoms with Gasteiger partial charge in [-0.1, -0.05) is 0 Å². The van der Waals surface area contributed by atoms with Gasteiger partial charge in [-0.05, 0) is 30.3 Å². The van der Waals surface area contributed by atoms with Crippen LogP contribution in [0, 0.1) is 0 Å². The minimum absolute atomic E-state index is 0.0307. The van der Waals surface area contributed by atoms with Gasteiger partial charge in [0.2, 0.25) is 0 Å². The second-order valence-electron chi connectivity index (χ2n) is 4.88. The molecule has 2 heterocycles. The Morgan fingerprint density at radius 2 is 1.65 bits per heavy atom. The van der Waals surface area contributed by atoms with E-state index in [2.05, 4.69) is 0 Å². The van der Waals surface area contributed by atoms with Crippen LogP contribution in [0.2, 0.25) is 0 Å². The van der Waals surface area contributed by atoms with E-state index in [9.17, 15) is 15.0 Å². The summed E-state index contributed by atoms with van der Waals surface area (Å²) in [6.45, 7) is 0. The maximum absolute atomic E-state index is 12.2. The molecule has 0 aromatic heterocycles. The number of aromatic hydroxyl groups is 2. The van der Waals surface area contributed by atoms with Crippen molar-refractivity contribution in [3.8, 4) is 23.0 Å². The Bertz CT molecular complexity index is 737. The average molecular weight is 270 g/mol. The number of phenolic OH excluding ortho intramolecular Hbond substituents is 2. The van der Waals surface area contributed by atoms with Gasteiger partial charge in [0, 0.05) is 17.2 Å². The molecule has 0 spiro atoms. The number of hydrogen-bond acceptors (Lipinski definition) is 5. The van der Waals surface area contributed by atoms with Gasteiger partial charge in [-0.3, -0.25) is 4.79 Å². The molecule has 0 fully saturated rings. The maximum Gasteiger partial charge on any atom is 0.323 e. The summed E-state index contributed by atoms with van der Waals surface area (Å²) in [4.78, 5) is 12.2. The maximum atomic E-state index is 12.2. The highest BCUT2D eigenvalue weighted by Gasteiger charge is 2.46. The molecule has 2 aromatic carbocycles. The van der Waals surface area contributed by atoms with E-state index in [1.807, 2.05) is 0 Å². The largest absolute Gasteiger partial charge is 0.508 e. The van der Waals surface area contributed by atoms with Gasteiger partial charge >= 0.3 is 5.97 Å². The number of rotatable bonds is 0. The van der Waals surface area contributed by atoms with Crippen molar-refractivity contribution in [2.24, 2.45) is 0 Å². The highest BCUT2D eigenvalue weighted by molar-refractivity contribution is 5.86. The van der Waals surface area contributed by atoms with Crippen LogP contribution >= 0.6 is 0 Å². The lowest BCUT2D eigenvalue weighted by molar-refractivity contribution is -0.139. The SMILES string of the molecule is O=C1Oc2cc(O)ccc2C2Oc3ccc(O)cc3C12. The number of ether oxygens (including phenoxy) is 2. The summed E-state index contributed by atoms with van der Waals surface area (Å²) < 4.78 is 11.1. The van der Waals surface area contributed by atoms with Crippen molar-refractivity contribution in [3.63, 3.8) is 0 Å². The Morgan fingerprint density at radius 1 is 0.900 bits per heavy atom. The third-order valence-electron chi connectivity index (χ3n) is 3.65. The fraction of sp³-hybridized carbons (Fsp3) is 0.133. The Balaban J connectivity index is 1.88. The van der Waals surface area contributed by atoms with Crippen LogP contribution in [0.4, 0.5) is 0 Å². The van der Waals surface area contributed by atoms with Gasteiger partial charge in [-0.15, -0.1) is 0 Å². The van der Waals surface area contributed by atoms with E-state index in [1.54, 1.807) is 12.1 Å². The predicted molar refractivity (Wildman–Crippen MR) is 68.0 cm³/mol. The molecule has 2 atom stereocenters. The molecular formula is C15H10O5. The molecular weight excluding hydrogens is 260 g/mol. The van der Waals surface area contributed by atoms with Gasteiger partial charge in [0.1, 0.15) is 35.0 Å². The zero-order chi connectivity index (χ0) is 13.9. The third-order valence-corrected chi connectivity index (χ3v) is 3.65. The highest BCUT2D eigenvalue weighted by Crippen LogP contribution is 2.52. The first-order valence-electron chi connectivity index (χ1n) is 6.17. The Labute approximate surface area is 114 Å². The molecule has 0 radical (unpaired) electrons. The molecule has 0 saturated heterocycles. The van der Waals surface area contributed by atoms with E-state index >= 15 is 0 Å². The molecule has 4 rings (SSSR count). The van der Waals surface area contributed by atoms with Gasteiger partial charge in [0.25, 0.3) is 0 Å². The van der Waals surface area contributed by atoms with Crippen molar-refractivity contribution < 1.29 is 24.5 Å². The number of fused-ring (bicyclic) bond motifs is 5. The number of carbonyl (C=O) groups excluding carboxylic acids is 1. The first kappa shape index (κ1) is 11.2. The summed E-state index contributed by atoms with van der Waals surface area (Å²) in [5.74, 6) is -0.0454. The molecule has 0 saturated carbocycles. The van der Waals surface area contributed by atoms with Gasteiger partial charge < -0.3 is 19.7 Å². The number of carbonyl (C=O) groups is 1. The lowest BCUT2D eigenvalue weighted by Crippen LogP contribution is -2.28.